The Morgan fingerprint density at radius 2 is 1.72 bits per heavy atom. The summed E-state index contributed by atoms with van der Waals surface area (Å²) in [6.07, 6.45) is 0.0500. The van der Waals surface area contributed by atoms with E-state index in [0.29, 0.717) is 27.8 Å². The predicted molar refractivity (Wildman–Crippen MR) is 134 cm³/mol. The Labute approximate surface area is 208 Å². The Balaban J connectivity index is 1.77. The zero-order valence-corrected chi connectivity index (χ0v) is 21.2. The van der Waals surface area contributed by atoms with E-state index in [0.717, 1.165) is 0 Å². The van der Waals surface area contributed by atoms with E-state index >= 15 is 0 Å². The average Bonchev–Trinajstić information content (AvgIpc) is 2.83. The van der Waals surface area contributed by atoms with Crippen LogP contribution in [0.15, 0.2) is 57.7 Å². The molecule has 3 N–H and O–H groups in total. The summed E-state index contributed by atoms with van der Waals surface area (Å²) < 4.78 is 33.7. The highest BCUT2D eigenvalue weighted by atomic mass is 31.2. The fourth-order valence-corrected chi connectivity index (χ4v) is 5.40. The lowest BCUT2D eigenvalue weighted by atomic mass is 10.0. The molecule has 0 aliphatic carbocycles. The molecule has 3 aromatic rings. The molecule has 0 aliphatic rings. The first-order valence-corrected chi connectivity index (χ1v) is 13.1. The van der Waals surface area contributed by atoms with Gasteiger partial charge >= 0.3 is 13.2 Å². The molecule has 11 heteroatoms. The lowest BCUT2D eigenvalue weighted by molar-refractivity contribution is -0.119. The van der Waals surface area contributed by atoms with Crippen molar-refractivity contribution in [3.63, 3.8) is 0 Å². The van der Waals surface area contributed by atoms with Crippen molar-refractivity contribution in [2.75, 3.05) is 20.3 Å². The smallest absolute Gasteiger partial charge is 0.336 e. The zero-order valence-electron chi connectivity index (χ0n) is 20.3. The molecule has 1 aromatic heterocycles. The van der Waals surface area contributed by atoms with Gasteiger partial charge in [-0.15, -0.1) is 0 Å². The largest absolute Gasteiger partial charge is 0.497 e. The van der Waals surface area contributed by atoms with Crippen LogP contribution in [0.2, 0.25) is 0 Å². The summed E-state index contributed by atoms with van der Waals surface area (Å²) in [5.74, 6) is -0.786. The van der Waals surface area contributed by atoms with Crippen LogP contribution in [0.5, 0.6) is 5.75 Å². The van der Waals surface area contributed by atoms with Gasteiger partial charge in [-0.25, -0.2) is 4.79 Å². The number of primary amides is 1. The minimum Gasteiger partial charge on any atom is -0.497 e. The Bertz CT molecular complexity index is 1330. The standard InChI is InChI=1S/C25H29N2O8P/c1-4-33-36(31,34-5-2)15-16-6-8-17(9-7-16)25(30)27-21(24(26)29)12-18-13-23(28)35-22-14-19(32-3)10-11-20(18)22/h6-11,13-14,21H,4-5,12,15H2,1-3H3,(H2,26,29)(H,27,30)/t21-/m0/s1. The van der Waals surface area contributed by atoms with Gasteiger partial charge in [0.05, 0.1) is 26.5 Å². The van der Waals surface area contributed by atoms with E-state index in [-0.39, 0.29) is 31.4 Å². The molecular formula is C25H29N2O8P. The summed E-state index contributed by atoms with van der Waals surface area (Å²) in [5, 5.41) is 3.21. The minimum atomic E-state index is -3.29. The number of fused-ring (bicyclic) bond motifs is 1. The maximum atomic E-state index is 12.8. The van der Waals surface area contributed by atoms with Crippen molar-refractivity contribution in [1.29, 1.82) is 0 Å². The lowest BCUT2D eigenvalue weighted by Gasteiger charge is -2.18. The fraction of sp³-hybridized carbons (Fsp3) is 0.320. The lowest BCUT2D eigenvalue weighted by Crippen LogP contribution is -2.46. The van der Waals surface area contributed by atoms with Gasteiger partial charge in [-0.1, -0.05) is 12.1 Å². The summed E-state index contributed by atoms with van der Waals surface area (Å²) >= 11 is 0. The monoisotopic (exact) mass is 516 g/mol. The molecule has 1 heterocycles. The number of hydrogen-bond acceptors (Lipinski definition) is 8. The Morgan fingerprint density at radius 1 is 1.06 bits per heavy atom. The van der Waals surface area contributed by atoms with Gasteiger partial charge in [-0.3, -0.25) is 14.2 Å². The first-order chi connectivity index (χ1) is 17.2. The van der Waals surface area contributed by atoms with E-state index < -0.39 is 31.1 Å². The van der Waals surface area contributed by atoms with Crippen LogP contribution in [0.4, 0.5) is 0 Å². The quantitative estimate of drug-likeness (QED) is 0.275. The Morgan fingerprint density at radius 3 is 2.31 bits per heavy atom. The van der Waals surface area contributed by atoms with Crippen molar-refractivity contribution < 1.29 is 32.4 Å². The number of benzene rings is 2. The molecular weight excluding hydrogens is 487 g/mol. The second kappa shape index (κ2) is 12.0. The maximum Gasteiger partial charge on any atom is 0.336 e. The normalized spacial score (nSPS) is 12.3. The second-order valence-corrected chi connectivity index (χ2v) is 9.94. The average molecular weight is 516 g/mol. The molecule has 0 radical (unpaired) electrons. The van der Waals surface area contributed by atoms with Crippen molar-refractivity contribution in [3.8, 4) is 5.75 Å². The number of nitrogens with two attached hydrogens (primary N) is 1. The number of carbonyl (C=O) groups excluding carboxylic acids is 2. The SMILES string of the molecule is CCOP(=O)(Cc1ccc(C(=O)N[C@@H](Cc2cc(=O)oc3cc(OC)ccc23)C(N)=O)cc1)OCC. The molecule has 0 fully saturated rings. The number of ether oxygens (including phenoxy) is 1. The molecule has 2 aromatic carbocycles. The van der Waals surface area contributed by atoms with Crippen LogP contribution in [0.1, 0.15) is 35.3 Å². The van der Waals surface area contributed by atoms with Crippen molar-refractivity contribution >= 4 is 30.4 Å². The van der Waals surface area contributed by atoms with E-state index in [9.17, 15) is 18.9 Å². The van der Waals surface area contributed by atoms with E-state index in [4.69, 9.17) is 23.9 Å². The molecule has 3 rings (SSSR count). The number of carbonyl (C=O) groups is 2. The Hall–Kier alpha value is -3.46. The molecule has 0 saturated carbocycles. The van der Waals surface area contributed by atoms with E-state index in [1.54, 1.807) is 56.3 Å². The van der Waals surface area contributed by atoms with Gasteiger partial charge in [-0.05, 0) is 49.2 Å². The van der Waals surface area contributed by atoms with Gasteiger partial charge in [0.25, 0.3) is 5.91 Å². The Kier molecular flexibility index (Phi) is 9.03. The van der Waals surface area contributed by atoms with Gasteiger partial charge < -0.3 is 29.3 Å². The number of hydrogen-bond donors (Lipinski definition) is 2. The van der Waals surface area contributed by atoms with Gasteiger partial charge in [0.15, 0.2) is 0 Å². The van der Waals surface area contributed by atoms with Gasteiger partial charge in [0.2, 0.25) is 5.91 Å². The van der Waals surface area contributed by atoms with Crippen LogP contribution in [0, 0.1) is 0 Å². The molecule has 10 nitrogen and oxygen atoms in total. The van der Waals surface area contributed by atoms with Crippen LogP contribution in [0.3, 0.4) is 0 Å². The van der Waals surface area contributed by atoms with E-state index in [1.807, 2.05) is 0 Å². The molecule has 192 valence electrons. The molecule has 0 aliphatic heterocycles. The molecule has 2 amide bonds. The van der Waals surface area contributed by atoms with Crippen molar-refractivity contribution in [3.05, 3.63) is 75.6 Å². The number of nitrogens with one attached hydrogen (secondary N) is 1. The fourth-order valence-electron chi connectivity index (χ4n) is 3.70. The van der Waals surface area contributed by atoms with Gasteiger partial charge in [-0.2, -0.15) is 0 Å². The van der Waals surface area contributed by atoms with Gasteiger partial charge in [0.1, 0.15) is 17.4 Å². The highest BCUT2D eigenvalue weighted by Gasteiger charge is 2.25. The minimum absolute atomic E-state index is 0.0144. The number of rotatable bonds is 12. The van der Waals surface area contributed by atoms with E-state index in [1.165, 1.54) is 13.2 Å². The third-order valence-electron chi connectivity index (χ3n) is 5.35. The predicted octanol–water partition coefficient (Wildman–Crippen LogP) is 3.39. The summed E-state index contributed by atoms with van der Waals surface area (Å²) in [5.41, 5.74) is 6.67. The molecule has 0 unspecified atom stereocenters. The van der Waals surface area contributed by atoms with Crippen LogP contribution >= 0.6 is 7.60 Å². The van der Waals surface area contributed by atoms with Crippen LogP contribution in [-0.4, -0.2) is 38.2 Å². The summed E-state index contributed by atoms with van der Waals surface area (Å²) in [4.78, 5) is 37.1. The summed E-state index contributed by atoms with van der Waals surface area (Å²) in [6, 6.07) is 11.5. The first-order valence-electron chi connectivity index (χ1n) is 11.4. The highest BCUT2D eigenvalue weighted by molar-refractivity contribution is 7.53. The van der Waals surface area contributed by atoms with Crippen LogP contribution in [-0.2, 0) is 31.0 Å². The zero-order chi connectivity index (χ0) is 26.3. The van der Waals surface area contributed by atoms with E-state index in [2.05, 4.69) is 5.32 Å². The third-order valence-corrected chi connectivity index (χ3v) is 7.41. The summed E-state index contributed by atoms with van der Waals surface area (Å²) in [7, 11) is -1.80. The van der Waals surface area contributed by atoms with Crippen LogP contribution in [0.25, 0.3) is 11.0 Å². The first kappa shape index (κ1) is 27.1. The van der Waals surface area contributed by atoms with Crippen molar-refractivity contribution in [2.24, 2.45) is 5.73 Å². The molecule has 0 saturated heterocycles. The molecule has 1 atom stereocenters. The van der Waals surface area contributed by atoms with Crippen LogP contribution < -0.4 is 21.4 Å². The number of amides is 2. The topological polar surface area (TPSA) is 147 Å². The number of methoxy groups -OCH3 is 1. The maximum absolute atomic E-state index is 12.8. The van der Waals surface area contributed by atoms with Gasteiger partial charge in [0, 0.05) is 29.5 Å². The molecule has 36 heavy (non-hydrogen) atoms. The second-order valence-electron chi connectivity index (χ2n) is 7.89. The molecule has 0 spiro atoms. The van der Waals surface area contributed by atoms with Crippen molar-refractivity contribution in [1.82, 2.24) is 5.32 Å². The third kappa shape index (κ3) is 6.81. The summed E-state index contributed by atoms with van der Waals surface area (Å²) in [6.45, 7) is 3.96. The highest BCUT2D eigenvalue weighted by Crippen LogP contribution is 2.51. The van der Waals surface area contributed by atoms with Crippen molar-refractivity contribution in [2.45, 2.75) is 32.5 Å². The molecule has 0 bridgehead atoms.